The number of sulfonamides is 1. The standard InChI is InChI=1S/C11H11F2N3O3S/c1-16-5-4-10(14-16)15-20(18,19)9-3-2-8(12)7(6-17)11(9)13/h2-5,17H,6H2,1H3,(H,14,15). The molecule has 0 radical (unpaired) electrons. The maximum absolute atomic E-state index is 13.9. The molecule has 6 nitrogen and oxygen atoms in total. The van der Waals surface area contributed by atoms with Crippen molar-refractivity contribution >= 4 is 15.8 Å². The van der Waals surface area contributed by atoms with Crippen molar-refractivity contribution in [2.45, 2.75) is 11.5 Å². The smallest absolute Gasteiger partial charge is 0.266 e. The van der Waals surface area contributed by atoms with Gasteiger partial charge in [0.15, 0.2) is 11.6 Å². The molecule has 1 aromatic carbocycles. The monoisotopic (exact) mass is 303 g/mol. The first-order valence-corrected chi connectivity index (χ1v) is 6.93. The first-order chi connectivity index (χ1) is 9.35. The van der Waals surface area contributed by atoms with E-state index in [9.17, 15) is 17.2 Å². The van der Waals surface area contributed by atoms with Crippen LogP contribution in [-0.2, 0) is 23.7 Å². The Kier molecular flexibility index (Phi) is 3.73. The molecule has 20 heavy (non-hydrogen) atoms. The summed E-state index contributed by atoms with van der Waals surface area (Å²) in [5, 5.41) is 12.7. The van der Waals surface area contributed by atoms with Gasteiger partial charge in [-0.2, -0.15) is 5.10 Å². The molecule has 0 atom stereocenters. The number of anilines is 1. The summed E-state index contributed by atoms with van der Waals surface area (Å²) < 4.78 is 54.5. The number of benzene rings is 1. The van der Waals surface area contributed by atoms with Crippen molar-refractivity contribution in [3.8, 4) is 0 Å². The molecular weight excluding hydrogens is 292 g/mol. The Labute approximate surface area is 113 Å². The highest BCUT2D eigenvalue weighted by atomic mass is 32.2. The Hall–Kier alpha value is -2.00. The van der Waals surface area contributed by atoms with Crippen LogP contribution in [0, 0.1) is 11.6 Å². The maximum Gasteiger partial charge on any atom is 0.266 e. The van der Waals surface area contributed by atoms with Crippen LogP contribution in [0.4, 0.5) is 14.6 Å². The molecule has 0 saturated heterocycles. The van der Waals surface area contributed by atoms with Crippen molar-refractivity contribution in [1.29, 1.82) is 0 Å². The second-order valence-corrected chi connectivity index (χ2v) is 5.63. The molecule has 0 aliphatic carbocycles. The van der Waals surface area contributed by atoms with Gasteiger partial charge in [-0.1, -0.05) is 0 Å². The van der Waals surface area contributed by atoms with E-state index in [1.54, 1.807) is 7.05 Å². The maximum atomic E-state index is 13.9. The minimum Gasteiger partial charge on any atom is -0.391 e. The normalized spacial score (nSPS) is 11.6. The van der Waals surface area contributed by atoms with Crippen LogP contribution in [-0.4, -0.2) is 23.3 Å². The lowest BCUT2D eigenvalue weighted by molar-refractivity contribution is 0.267. The Morgan fingerprint density at radius 1 is 1.35 bits per heavy atom. The largest absolute Gasteiger partial charge is 0.391 e. The Bertz CT molecular complexity index is 743. The number of halogens is 2. The molecule has 0 aliphatic rings. The molecular formula is C11H11F2N3O3S. The third kappa shape index (κ3) is 2.63. The molecule has 1 heterocycles. The van der Waals surface area contributed by atoms with E-state index in [1.807, 2.05) is 0 Å². The fourth-order valence-electron chi connectivity index (χ4n) is 1.59. The van der Waals surface area contributed by atoms with Gasteiger partial charge < -0.3 is 5.11 Å². The average Bonchev–Trinajstić information content (AvgIpc) is 2.74. The molecule has 0 amide bonds. The number of nitrogens with one attached hydrogen (secondary N) is 1. The van der Waals surface area contributed by atoms with E-state index in [0.29, 0.717) is 0 Å². The molecule has 0 fully saturated rings. The van der Waals surface area contributed by atoms with E-state index in [2.05, 4.69) is 9.82 Å². The molecule has 2 N–H and O–H groups in total. The van der Waals surface area contributed by atoms with E-state index in [-0.39, 0.29) is 5.82 Å². The number of hydrogen-bond acceptors (Lipinski definition) is 4. The van der Waals surface area contributed by atoms with Gasteiger partial charge in [-0.15, -0.1) is 0 Å². The topological polar surface area (TPSA) is 84.2 Å². The van der Waals surface area contributed by atoms with Crippen LogP contribution in [0.2, 0.25) is 0 Å². The van der Waals surface area contributed by atoms with Gasteiger partial charge >= 0.3 is 0 Å². The molecule has 0 bridgehead atoms. The van der Waals surface area contributed by atoms with Crippen molar-refractivity contribution in [2.75, 3.05) is 4.72 Å². The summed E-state index contributed by atoms with van der Waals surface area (Å²) in [5.74, 6) is -2.33. The number of aliphatic hydroxyl groups is 1. The third-order valence-corrected chi connectivity index (χ3v) is 3.92. The summed E-state index contributed by atoms with van der Waals surface area (Å²) >= 11 is 0. The van der Waals surface area contributed by atoms with E-state index >= 15 is 0 Å². The van der Waals surface area contributed by atoms with Gasteiger partial charge in [-0.3, -0.25) is 9.40 Å². The summed E-state index contributed by atoms with van der Waals surface area (Å²) in [6.07, 6.45) is 1.50. The number of rotatable bonds is 4. The highest BCUT2D eigenvalue weighted by Gasteiger charge is 2.24. The van der Waals surface area contributed by atoms with Crippen molar-refractivity contribution in [3.63, 3.8) is 0 Å². The van der Waals surface area contributed by atoms with Crippen molar-refractivity contribution < 1.29 is 22.3 Å². The van der Waals surface area contributed by atoms with Gasteiger partial charge in [0, 0.05) is 19.3 Å². The lowest BCUT2D eigenvalue weighted by atomic mass is 10.2. The van der Waals surface area contributed by atoms with Crippen LogP contribution in [0.3, 0.4) is 0 Å². The summed E-state index contributed by atoms with van der Waals surface area (Å²) in [5.41, 5.74) is -0.700. The van der Waals surface area contributed by atoms with E-state index in [1.165, 1.54) is 16.9 Å². The van der Waals surface area contributed by atoms with Gasteiger partial charge in [0.1, 0.15) is 10.7 Å². The van der Waals surface area contributed by atoms with Gasteiger partial charge in [0.05, 0.1) is 12.2 Å². The molecule has 0 saturated carbocycles. The van der Waals surface area contributed by atoms with Gasteiger partial charge in [0.2, 0.25) is 0 Å². The van der Waals surface area contributed by atoms with Gasteiger partial charge in [-0.25, -0.2) is 17.2 Å². The molecule has 0 aliphatic heterocycles. The molecule has 2 rings (SSSR count). The molecule has 2 aromatic rings. The minimum atomic E-state index is -4.26. The zero-order valence-electron chi connectivity index (χ0n) is 10.3. The van der Waals surface area contributed by atoms with Crippen LogP contribution in [0.1, 0.15) is 5.56 Å². The van der Waals surface area contributed by atoms with Crippen molar-refractivity contribution in [3.05, 3.63) is 41.6 Å². The lowest BCUT2D eigenvalue weighted by Gasteiger charge is -2.09. The van der Waals surface area contributed by atoms with Crippen LogP contribution < -0.4 is 4.72 Å². The molecule has 9 heteroatoms. The first kappa shape index (κ1) is 14.4. The van der Waals surface area contributed by atoms with Gasteiger partial charge in [0.25, 0.3) is 10.0 Å². The second kappa shape index (κ2) is 5.17. The van der Waals surface area contributed by atoms with Gasteiger partial charge in [-0.05, 0) is 12.1 Å². The average molecular weight is 303 g/mol. The number of nitrogens with zero attached hydrogens (tertiary/aromatic N) is 2. The Morgan fingerprint density at radius 2 is 2.05 bits per heavy atom. The zero-order valence-corrected chi connectivity index (χ0v) is 11.2. The second-order valence-electron chi connectivity index (χ2n) is 3.98. The van der Waals surface area contributed by atoms with E-state index < -0.39 is 38.7 Å². The Balaban J connectivity index is 2.44. The van der Waals surface area contributed by atoms with Crippen LogP contribution in [0.5, 0.6) is 0 Å². The summed E-state index contributed by atoms with van der Waals surface area (Å²) in [7, 11) is -2.68. The number of aryl methyl sites for hydroxylation is 1. The molecule has 108 valence electrons. The third-order valence-electron chi connectivity index (χ3n) is 2.55. The quantitative estimate of drug-likeness (QED) is 0.882. The summed E-state index contributed by atoms with van der Waals surface area (Å²) in [4.78, 5) is -0.756. The Morgan fingerprint density at radius 3 is 2.60 bits per heavy atom. The van der Waals surface area contributed by atoms with E-state index in [4.69, 9.17) is 5.11 Å². The summed E-state index contributed by atoms with van der Waals surface area (Å²) in [6.45, 7) is -0.940. The molecule has 0 unspecified atom stereocenters. The van der Waals surface area contributed by atoms with Crippen LogP contribution >= 0.6 is 0 Å². The summed E-state index contributed by atoms with van der Waals surface area (Å²) in [6, 6.07) is 2.95. The SMILES string of the molecule is Cn1ccc(NS(=O)(=O)c2ccc(F)c(CO)c2F)n1. The zero-order chi connectivity index (χ0) is 14.9. The van der Waals surface area contributed by atoms with Crippen molar-refractivity contribution in [1.82, 2.24) is 9.78 Å². The van der Waals surface area contributed by atoms with Crippen LogP contribution in [0.25, 0.3) is 0 Å². The number of aliphatic hydroxyl groups excluding tert-OH is 1. The highest BCUT2D eigenvalue weighted by Crippen LogP contribution is 2.22. The molecule has 0 spiro atoms. The van der Waals surface area contributed by atoms with Crippen molar-refractivity contribution in [2.24, 2.45) is 7.05 Å². The molecule has 1 aromatic heterocycles. The fourth-order valence-corrected chi connectivity index (χ4v) is 2.69. The number of aromatic nitrogens is 2. The van der Waals surface area contributed by atoms with E-state index in [0.717, 1.165) is 12.1 Å². The van der Waals surface area contributed by atoms with Crippen LogP contribution in [0.15, 0.2) is 29.3 Å². The lowest BCUT2D eigenvalue weighted by Crippen LogP contribution is -2.16. The predicted molar refractivity (Wildman–Crippen MR) is 66.3 cm³/mol. The highest BCUT2D eigenvalue weighted by molar-refractivity contribution is 7.92. The minimum absolute atomic E-state index is 0.00164. The predicted octanol–water partition coefficient (Wildman–Crippen LogP) is 0.991. The first-order valence-electron chi connectivity index (χ1n) is 5.45. The fraction of sp³-hybridized carbons (Fsp3) is 0.182. The number of hydrogen-bond donors (Lipinski definition) is 2.